The second-order valence-electron chi connectivity index (χ2n) is 4.51. The van der Waals surface area contributed by atoms with Crippen molar-refractivity contribution in [1.82, 2.24) is 5.32 Å². The third-order valence-electron chi connectivity index (χ3n) is 2.86. The minimum atomic E-state index is -0.968. The van der Waals surface area contributed by atoms with E-state index in [1.165, 1.54) is 12.1 Å². The molecule has 0 spiro atoms. The van der Waals surface area contributed by atoms with Gasteiger partial charge in [-0.1, -0.05) is 6.92 Å². The summed E-state index contributed by atoms with van der Waals surface area (Å²) in [6, 6.07) is 6.48. The molecule has 5 nitrogen and oxygen atoms in total. The number of aliphatic hydroxyl groups is 1. The van der Waals surface area contributed by atoms with Gasteiger partial charge in [-0.25, -0.2) is 4.79 Å². The molecule has 0 bridgehead atoms. The lowest BCUT2D eigenvalue weighted by molar-refractivity contribution is 0.0696. The van der Waals surface area contributed by atoms with Crippen LogP contribution in [0, 0.1) is 0 Å². The van der Waals surface area contributed by atoms with Crippen molar-refractivity contribution in [3.63, 3.8) is 0 Å². The molecular formula is C14H21NO4. The zero-order chi connectivity index (χ0) is 14.3. The summed E-state index contributed by atoms with van der Waals surface area (Å²) in [7, 11) is 0. The van der Waals surface area contributed by atoms with Crippen molar-refractivity contribution in [2.45, 2.75) is 32.4 Å². The van der Waals surface area contributed by atoms with Gasteiger partial charge in [0, 0.05) is 12.6 Å². The van der Waals surface area contributed by atoms with Crippen LogP contribution in [0.4, 0.5) is 0 Å². The van der Waals surface area contributed by atoms with Crippen LogP contribution in [0.2, 0.25) is 0 Å². The highest BCUT2D eigenvalue weighted by molar-refractivity contribution is 5.87. The molecule has 2 atom stereocenters. The molecule has 0 heterocycles. The molecule has 0 saturated carbocycles. The van der Waals surface area contributed by atoms with E-state index in [2.05, 4.69) is 19.2 Å². The average molecular weight is 267 g/mol. The number of hydrogen-bond donors (Lipinski definition) is 3. The van der Waals surface area contributed by atoms with E-state index in [-0.39, 0.29) is 12.2 Å². The molecule has 0 radical (unpaired) electrons. The molecule has 2 unspecified atom stereocenters. The fraction of sp³-hybridized carbons (Fsp3) is 0.500. The molecule has 5 heteroatoms. The Labute approximate surface area is 113 Å². The maximum absolute atomic E-state index is 10.7. The van der Waals surface area contributed by atoms with E-state index in [1.807, 2.05) is 0 Å². The largest absolute Gasteiger partial charge is 0.491 e. The van der Waals surface area contributed by atoms with Crippen molar-refractivity contribution in [2.24, 2.45) is 0 Å². The minimum Gasteiger partial charge on any atom is -0.491 e. The van der Waals surface area contributed by atoms with E-state index in [1.54, 1.807) is 12.1 Å². The molecule has 19 heavy (non-hydrogen) atoms. The maximum Gasteiger partial charge on any atom is 0.335 e. The lowest BCUT2D eigenvalue weighted by Gasteiger charge is -2.16. The van der Waals surface area contributed by atoms with Crippen molar-refractivity contribution in [2.75, 3.05) is 13.2 Å². The molecule has 0 amide bonds. The van der Waals surface area contributed by atoms with Crippen LogP contribution in [0.5, 0.6) is 5.75 Å². The molecule has 0 aromatic heterocycles. The van der Waals surface area contributed by atoms with Crippen LogP contribution < -0.4 is 10.1 Å². The Balaban J connectivity index is 2.33. The quantitative estimate of drug-likeness (QED) is 0.665. The highest BCUT2D eigenvalue weighted by Crippen LogP contribution is 2.12. The Morgan fingerprint density at radius 3 is 2.53 bits per heavy atom. The van der Waals surface area contributed by atoms with E-state index < -0.39 is 12.1 Å². The molecular weight excluding hydrogens is 246 g/mol. The van der Waals surface area contributed by atoms with Gasteiger partial charge in [0.25, 0.3) is 0 Å². The Bertz CT molecular complexity index is 391. The monoisotopic (exact) mass is 267 g/mol. The van der Waals surface area contributed by atoms with Crippen LogP contribution in [0.25, 0.3) is 0 Å². The number of carboxylic acids is 1. The van der Waals surface area contributed by atoms with E-state index in [0.717, 1.165) is 6.42 Å². The van der Waals surface area contributed by atoms with Crippen LogP contribution in [0.3, 0.4) is 0 Å². The van der Waals surface area contributed by atoms with E-state index in [4.69, 9.17) is 9.84 Å². The number of benzene rings is 1. The molecule has 0 aliphatic carbocycles. The first-order valence-corrected chi connectivity index (χ1v) is 6.40. The van der Waals surface area contributed by atoms with Gasteiger partial charge in [0.05, 0.1) is 5.56 Å². The third kappa shape index (κ3) is 5.72. The highest BCUT2D eigenvalue weighted by atomic mass is 16.5. The first-order chi connectivity index (χ1) is 9.02. The van der Waals surface area contributed by atoms with Crippen LogP contribution in [0.15, 0.2) is 24.3 Å². The van der Waals surface area contributed by atoms with Crippen LogP contribution in [0.1, 0.15) is 30.6 Å². The summed E-state index contributed by atoms with van der Waals surface area (Å²) in [5, 5.41) is 21.7. The van der Waals surface area contributed by atoms with Gasteiger partial charge in [0.2, 0.25) is 0 Å². The molecule has 0 aliphatic rings. The molecule has 3 N–H and O–H groups in total. The van der Waals surface area contributed by atoms with Gasteiger partial charge in [-0.15, -0.1) is 0 Å². The molecule has 106 valence electrons. The first kappa shape index (κ1) is 15.5. The van der Waals surface area contributed by atoms with E-state index >= 15 is 0 Å². The Morgan fingerprint density at radius 2 is 2.00 bits per heavy atom. The number of aliphatic hydroxyl groups excluding tert-OH is 1. The Hall–Kier alpha value is -1.59. The lowest BCUT2D eigenvalue weighted by Crippen LogP contribution is -2.36. The number of aromatic carboxylic acids is 1. The van der Waals surface area contributed by atoms with Gasteiger partial charge in [0.1, 0.15) is 18.5 Å². The maximum atomic E-state index is 10.7. The van der Waals surface area contributed by atoms with Gasteiger partial charge in [-0.3, -0.25) is 0 Å². The Morgan fingerprint density at radius 1 is 1.37 bits per heavy atom. The van der Waals surface area contributed by atoms with Crippen molar-refractivity contribution >= 4 is 5.97 Å². The molecule has 1 rings (SSSR count). The summed E-state index contributed by atoms with van der Waals surface area (Å²) >= 11 is 0. The topological polar surface area (TPSA) is 78.8 Å². The second kappa shape index (κ2) is 7.76. The summed E-state index contributed by atoms with van der Waals surface area (Å²) in [6.07, 6.45) is 0.415. The zero-order valence-electron chi connectivity index (χ0n) is 11.3. The lowest BCUT2D eigenvalue weighted by atomic mass is 10.2. The number of nitrogens with one attached hydrogen (secondary N) is 1. The number of hydrogen-bond acceptors (Lipinski definition) is 4. The van der Waals surface area contributed by atoms with Gasteiger partial charge >= 0.3 is 5.97 Å². The van der Waals surface area contributed by atoms with Crippen molar-refractivity contribution in [3.05, 3.63) is 29.8 Å². The van der Waals surface area contributed by atoms with Gasteiger partial charge in [-0.05, 0) is 37.6 Å². The first-order valence-electron chi connectivity index (χ1n) is 6.40. The van der Waals surface area contributed by atoms with Gasteiger partial charge < -0.3 is 20.3 Å². The highest BCUT2D eigenvalue weighted by Gasteiger charge is 2.07. The third-order valence-corrected chi connectivity index (χ3v) is 2.86. The fourth-order valence-electron chi connectivity index (χ4n) is 1.43. The van der Waals surface area contributed by atoms with Crippen molar-refractivity contribution < 1.29 is 19.7 Å². The second-order valence-corrected chi connectivity index (χ2v) is 4.51. The van der Waals surface area contributed by atoms with E-state index in [9.17, 15) is 9.90 Å². The van der Waals surface area contributed by atoms with Gasteiger partial charge in [0.15, 0.2) is 0 Å². The number of carboxylic acid groups (broad SMARTS) is 1. The predicted octanol–water partition coefficient (Wildman–Crippen LogP) is 1.51. The molecule has 0 fully saturated rings. The molecule has 0 saturated heterocycles. The number of ether oxygens (including phenoxy) is 1. The number of rotatable bonds is 8. The summed E-state index contributed by atoms with van der Waals surface area (Å²) in [4.78, 5) is 10.7. The summed E-state index contributed by atoms with van der Waals surface area (Å²) < 4.78 is 5.39. The minimum absolute atomic E-state index is 0.176. The fourth-order valence-corrected chi connectivity index (χ4v) is 1.43. The van der Waals surface area contributed by atoms with Crippen LogP contribution in [-0.2, 0) is 0 Å². The summed E-state index contributed by atoms with van der Waals surface area (Å²) in [5.74, 6) is -0.420. The van der Waals surface area contributed by atoms with Crippen LogP contribution in [-0.4, -0.2) is 41.5 Å². The summed E-state index contributed by atoms with van der Waals surface area (Å²) in [5.41, 5.74) is 0.214. The van der Waals surface area contributed by atoms with Gasteiger partial charge in [-0.2, -0.15) is 0 Å². The standard InChI is InChI=1S/C14H21NO4/c1-3-10(2)15-8-12(16)9-19-13-6-4-11(5-7-13)14(17)18/h4-7,10,12,15-16H,3,8-9H2,1-2H3,(H,17,18). The van der Waals surface area contributed by atoms with Crippen molar-refractivity contribution in [1.29, 1.82) is 0 Å². The molecule has 0 aliphatic heterocycles. The van der Waals surface area contributed by atoms with E-state index in [0.29, 0.717) is 18.3 Å². The summed E-state index contributed by atoms with van der Waals surface area (Å²) in [6.45, 7) is 4.78. The van der Waals surface area contributed by atoms with Crippen LogP contribution >= 0.6 is 0 Å². The molecule has 1 aromatic carbocycles. The Kier molecular flexibility index (Phi) is 6.32. The zero-order valence-corrected chi connectivity index (χ0v) is 11.3. The number of carbonyl (C=O) groups is 1. The smallest absolute Gasteiger partial charge is 0.335 e. The normalized spacial score (nSPS) is 13.8. The molecule has 1 aromatic rings. The SMILES string of the molecule is CCC(C)NCC(O)COc1ccc(C(=O)O)cc1. The average Bonchev–Trinajstić information content (AvgIpc) is 2.42. The van der Waals surface area contributed by atoms with Crippen molar-refractivity contribution in [3.8, 4) is 5.75 Å². The predicted molar refractivity (Wildman–Crippen MR) is 72.7 cm³/mol.